The third-order valence-electron chi connectivity index (χ3n) is 6.62. The van der Waals surface area contributed by atoms with Gasteiger partial charge < -0.3 is 5.73 Å². The zero-order valence-electron chi connectivity index (χ0n) is 15.4. The molecule has 5 rings (SSSR count). The van der Waals surface area contributed by atoms with E-state index in [0.29, 0.717) is 17.7 Å². The quantitative estimate of drug-likeness (QED) is 0.712. The summed E-state index contributed by atoms with van der Waals surface area (Å²) < 4.78 is 0. The molecule has 3 fully saturated rings. The van der Waals surface area contributed by atoms with Crippen molar-refractivity contribution in [2.24, 2.45) is 11.1 Å². The van der Waals surface area contributed by atoms with Gasteiger partial charge >= 0.3 is 0 Å². The standard InChI is InChI=1S/C20H22N4O4/c21-14-9-23(10-20(14)6-7-20)8-11-2-1-3-12-16(11)19(28)24(18(12)27)13-4-5-15(25)22-17(13)26/h1-3,13-14H,4-10,21H2,(H,22,25,26). The summed E-state index contributed by atoms with van der Waals surface area (Å²) in [5, 5.41) is 2.22. The second-order valence-corrected chi connectivity index (χ2v) is 8.43. The molecule has 28 heavy (non-hydrogen) atoms. The van der Waals surface area contributed by atoms with Crippen LogP contribution in [-0.2, 0) is 16.1 Å². The van der Waals surface area contributed by atoms with E-state index >= 15 is 0 Å². The van der Waals surface area contributed by atoms with Gasteiger partial charge in [-0.1, -0.05) is 12.1 Å². The van der Waals surface area contributed by atoms with Crippen molar-refractivity contribution in [2.75, 3.05) is 13.1 Å². The van der Waals surface area contributed by atoms with Crippen molar-refractivity contribution in [3.8, 4) is 0 Å². The van der Waals surface area contributed by atoms with Crippen LogP contribution in [0.3, 0.4) is 0 Å². The number of nitrogens with two attached hydrogens (primary N) is 1. The van der Waals surface area contributed by atoms with Crippen LogP contribution in [0.15, 0.2) is 18.2 Å². The normalized spacial score (nSPS) is 28.8. The van der Waals surface area contributed by atoms with Gasteiger partial charge in [-0.05, 0) is 36.3 Å². The number of benzene rings is 1. The molecule has 2 saturated heterocycles. The molecule has 146 valence electrons. The Hall–Kier alpha value is -2.58. The molecular weight excluding hydrogens is 360 g/mol. The van der Waals surface area contributed by atoms with Gasteiger partial charge in [0.15, 0.2) is 0 Å². The minimum Gasteiger partial charge on any atom is -0.326 e. The predicted molar refractivity (Wildman–Crippen MR) is 98.0 cm³/mol. The largest absolute Gasteiger partial charge is 0.326 e. The molecule has 0 bridgehead atoms. The lowest BCUT2D eigenvalue weighted by Crippen LogP contribution is -2.54. The molecule has 1 aromatic rings. The van der Waals surface area contributed by atoms with Crippen molar-refractivity contribution in [1.82, 2.24) is 15.1 Å². The molecule has 3 heterocycles. The lowest BCUT2D eigenvalue weighted by atomic mass is 10.0. The van der Waals surface area contributed by atoms with Crippen LogP contribution in [0.2, 0.25) is 0 Å². The van der Waals surface area contributed by atoms with E-state index in [1.165, 1.54) is 0 Å². The fraction of sp³-hybridized carbons (Fsp3) is 0.500. The molecule has 0 aromatic heterocycles. The zero-order valence-corrected chi connectivity index (χ0v) is 15.4. The lowest BCUT2D eigenvalue weighted by Gasteiger charge is -2.28. The monoisotopic (exact) mass is 382 g/mol. The smallest absolute Gasteiger partial charge is 0.262 e. The number of fused-ring (bicyclic) bond motifs is 1. The first-order valence-electron chi connectivity index (χ1n) is 9.71. The van der Waals surface area contributed by atoms with E-state index in [9.17, 15) is 19.2 Å². The average molecular weight is 382 g/mol. The van der Waals surface area contributed by atoms with E-state index < -0.39 is 23.8 Å². The van der Waals surface area contributed by atoms with E-state index in [2.05, 4.69) is 10.2 Å². The van der Waals surface area contributed by atoms with E-state index in [1.54, 1.807) is 12.1 Å². The van der Waals surface area contributed by atoms with E-state index in [1.807, 2.05) is 6.07 Å². The molecular formula is C20H22N4O4. The molecule has 0 radical (unpaired) electrons. The Balaban J connectivity index is 1.42. The molecule has 2 unspecified atom stereocenters. The molecule has 8 nitrogen and oxygen atoms in total. The van der Waals surface area contributed by atoms with Gasteiger partial charge in [-0.3, -0.25) is 34.3 Å². The zero-order chi connectivity index (χ0) is 19.6. The highest BCUT2D eigenvalue weighted by Crippen LogP contribution is 2.52. The maximum atomic E-state index is 13.1. The Morgan fingerprint density at radius 1 is 1.14 bits per heavy atom. The van der Waals surface area contributed by atoms with Crippen LogP contribution in [0.5, 0.6) is 0 Å². The van der Waals surface area contributed by atoms with Crippen LogP contribution < -0.4 is 11.1 Å². The summed E-state index contributed by atoms with van der Waals surface area (Å²) in [6.07, 6.45) is 2.58. The number of rotatable bonds is 3. The highest BCUT2D eigenvalue weighted by atomic mass is 16.2. The summed E-state index contributed by atoms with van der Waals surface area (Å²) in [5.74, 6) is -1.88. The van der Waals surface area contributed by atoms with Crippen LogP contribution in [0.1, 0.15) is 52.0 Å². The minimum absolute atomic E-state index is 0.115. The Bertz CT molecular complexity index is 923. The third kappa shape index (κ3) is 2.51. The van der Waals surface area contributed by atoms with Crippen LogP contribution in [0, 0.1) is 5.41 Å². The summed E-state index contributed by atoms with van der Waals surface area (Å²) in [6, 6.07) is 4.48. The number of carbonyl (C=O) groups is 4. The summed E-state index contributed by atoms with van der Waals surface area (Å²) in [6.45, 7) is 2.25. The van der Waals surface area contributed by atoms with Gasteiger partial charge in [0.1, 0.15) is 6.04 Å². The van der Waals surface area contributed by atoms with Gasteiger partial charge in [0.2, 0.25) is 11.8 Å². The summed E-state index contributed by atoms with van der Waals surface area (Å²) in [7, 11) is 0. The highest BCUT2D eigenvalue weighted by Gasteiger charge is 2.53. The first-order valence-corrected chi connectivity index (χ1v) is 9.71. The predicted octanol–water partition coefficient (Wildman–Crippen LogP) is 0.0109. The first-order chi connectivity index (χ1) is 13.4. The third-order valence-corrected chi connectivity index (χ3v) is 6.62. The van der Waals surface area contributed by atoms with Crippen molar-refractivity contribution in [3.63, 3.8) is 0 Å². The number of nitrogens with one attached hydrogen (secondary N) is 1. The van der Waals surface area contributed by atoms with Gasteiger partial charge in [0, 0.05) is 32.1 Å². The van der Waals surface area contributed by atoms with Crippen molar-refractivity contribution in [3.05, 3.63) is 34.9 Å². The van der Waals surface area contributed by atoms with Crippen LogP contribution >= 0.6 is 0 Å². The number of piperidine rings is 1. The SMILES string of the molecule is NC1CN(Cc2cccc3c2C(=O)N(C2CCC(=O)NC2=O)C3=O)CC12CC2. The Morgan fingerprint density at radius 2 is 1.93 bits per heavy atom. The Kier molecular flexibility index (Phi) is 3.73. The Morgan fingerprint density at radius 3 is 2.61 bits per heavy atom. The molecule has 1 aromatic carbocycles. The number of imide groups is 2. The Labute approximate surface area is 162 Å². The number of nitrogens with zero attached hydrogens (tertiary/aromatic N) is 2. The molecule has 1 saturated carbocycles. The van der Waals surface area contributed by atoms with Gasteiger partial charge in [-0.15, -0.1) is 0 Å². The number of carbonyl (C=O) groups excluding carboxylic acids is 4. The fourth-order valence-electron chi connectivity index (χ4n) is 4.87. The molecule has 4 aliphatic rings. The number of hydrogen-bond donors (Lipinski definition) is 2. The van der Waals surface area contributed by atoms with Gasteiger partial charge in [-0.2, -0.15) is 0 Å². The molecule has 8 heteroatoms. The van der Waals surface area contributed by atoms with E-state index in [4.69, 9.17) is 5.73 Å². The summed E-state index contributed by atoms with van der Waals surface area (Å²) >= 11 is 0. The number of likely N-dealkylation sites (tertiary alicyclic amines) is 1. The number of amides is 4. The molecule has 3 aliphatic heterocycles. The molecule has 3 N–H and O–H groups in total. The molecule has 1 spiro atoms. The van der Waals surface area contributed by atoms with E-state index in [-0.39, 0.29) is 30.2 Å². The van der Waals surface area contributed by atoms with Crippen LogP contribution in [0.4, 0.5) is 0 Å². The summed E-state index contributed by atoms with van der Waals surface area (Å²) in [5.41, 5.74) is 8.01. The fourth-order valence-corrected chi connectivity index (χ4v) is 4.87. The molecule has 4 amide bonds. The lowest BCUT2D eigenvalue weighted by molar-refractivity contribution is -0.136. The second-order valence-electron chi connectivity index (χ2n) is 8.43. The van der Waals surface area contributed by atoms with Crippen LogP contribution in [-0.4, -0.2) is 58.6 Å². The molecule has 1 aliphatic carbocycles. The maximum absolute atomic E-state index is 13.1. The van der Waals surface area contributed by atoms with Gasteiger partial charge in [0.05, 0.1) is 11.1 Å². The van der Waals surface area contributed by atoms with Gasteiger partial charge in [0.25, 0.3) is 11.8 Å². The first kappa shape index (κ1) is 17.5. The van der Waals surface area contributed by atoms with Gasteiger partial charge in [-0.25, -0.2) is 0 Å². The topological polar surface area (TPSA) is 113 Å². The highest BCUT2D eigenvalue weighted by molar-refractivity contribution is 6.24. The summed E-state index contributed by atoms with van der Waals surface area (Å²) in [4.78, 5) is 52.9. The average Bonchev–Trinajstić information content (AvgIpc) is 3.30. The van der Waals surface area contributed by atoms with Crippen molar-refractivity contribution >= 4 is 23.6 Å². The van der Waals surface area contributed by atoms with Crippen LogP contribution in [0.25, 0.3) is 0 Å². The minimum atomic E-state index is -0.937. The van der Waals surface area contributed by atoms with Crippen molar-refractivity contribution < 1.29 is 19.2 Å². The second kappa shape index (κ2) is 5.96. The van der Waals surface area contributed by atoms with E-state index in [0.717, 1.165) is 36.4 Å². The van der Waals surface area contributed by atoms with Crippen molar-refractivity contribution in [1.29, 1.82) is 0 Å². The van der Waals surface area contributed by atoms with Crippen molar-refractivity contribution in [2.45, 2.75) is 44.3 Å². The maximum Gasteiger partial charge on any atom is 0.262 e. The number of hydrogen-bond acceptors (Lipinski definition) is 6. The molecule has 2 atom stereocenters.